The molecule has 18 heavy (non-hydrogen) atoms. The molecule has 100 valence electrons. The Labute approximate surface area is 116 Å². The summed E-state index contributed by atoms with van der Waals surface area (Å²) in [6.07, 6.45) is 5.86. The standard InChI is InChI=1S/C13H20BrN3O/c1-4-17-11(10(14)9-15-17)12(18)13(16(2)3)7-5-6-8-13/h9H,4-8H2,1-3H3. The number of ketones is 1. The number of carbonyl (C=O) groups is 1. The topological polar surface area (TPSA) is 38.1 Å². The molecule has 1 saturated carbocycles. The summed E-state index contributed by atoms with van der Waals surface area (Å²) < 4.78 is 2.60. The molecular weight excluding hydrogens is 294 g/mol. The average molecular weight is 314 g/mol. The number of rotatable bonds is 4. The second-order valence-electron chi connectivity index (χ2n) is 5.12. The molecule has 0 bridgehead atoms. The number of aryl methyl sites for hydroxylation is 1. The lowest BCUT2D eigenvalue weighted by Gasteiger charge is -2.34. The van der Waals surface area contributed by atoms with Crippen LogP contribution in [0.15, 0.2) is 10.7 Å². The van der Waals surface area contributed by atoms with Gasteiger partial charge in [-0.05, 0) is 49.8 Å². The molecule has 0 saturated heterocycles. The van der Waals surface area contributed by atoms with E-state index in [1.54, 1.807) is 10.9 Å². The fourth-order valence-corrected chi connectivity index (χ4v) is 3.36. The molecule has 0 amide bonds. The Balaban J connectivity index is 2.43. The van der Waals surface area contributed by atoms with Gasteiger partial charge in [0.1, 0.15) is 5.69 Å². The van der Waals surface area contributed by atoms with Crippen LogP contribution < -0.4 is 0 Å². The van der Waals surface area contributed by atoms with E-state index in [-0.39, 0.29) is 11.3 Å². The van der Waals surface area contributed by atoms with Crippen LogP contribution in [0.3, 0.4) is 0 Å². The maximum Gasteiger partial charge on any atom is 0.202 e. The van der Waals surface area contributed by atoms with Crippen molar-refractivity contribution in [1.29, 1.82) is 0 Å². The fourth-order valence-electron chi connectivity index (χ4n) is 2.89. The lowest BCUT2D eigenvalue weighted by molar-refractivity contribution is 0.0680. The van der Waals surface area contributed by atoms with Crippen molar-refractivity contribution in [3.05, 3.63) is 16.4 Å². The Bertz CT molecular complexity index is 447. The highest BCUT2D eigenvalue weighted by Crippen LogP contribution is 2.37. The number of nitrogens with zero attached hydrogens (tertiary/aromatic N) is 3. The second-order valence-corrected chi connectivity index (χ2v) is 5.97. The largest absolute Gasteiger partial charge is 0.297 e. The first-order chi connectivity index (χ1) is 8.53. The smallest absolute Gasteiger partial charge is 0.202 e. The van der Waals surface area contributed by atoms with Gasteiger partial charge in [0.05, 0.1) is 16.2 Å². The Morgan fingerprint density at radius 1 is 1.50 bits per heavy atom. The van der Waals surface area contributed by atoms with Crippen molar-refractivity contribution in [2.45, 2.75) is 44.7 Å². The van der Waals surface area contributed by atoms with E-state index in [0.29, 0.717) is 5.69 Å². The Kier molecular flexibility index (Phi) is 3.92. The monoisotopic (exact) mass is 313 g/mol. The van der Waals surface area contributed by atoms with Crippen molar-refractivity contribution in [1.82, 2.24) is 14.7 Å². The van der Waals surface area contributed by atoms with Gasteiger partial charge in [-0.2, -0.15) is 5.10 Å². The zero-order chi connectivity index (χ0) is 13.3. The first-order valence-electron chi connectivity index (χ1n) is 6.46. The van der Waals surface area contributed by atoms with Crippen LogP contribution in [0.4, 0.5) is 0 Å². The van der Waals surface area contributed by atoms with Crippen LogP contribution in [0.1, 0.15) is 43.1 Å². The minimum Gasteiger partial charge on any atom is -0.297 e. The van der Waals surface area contributed by atoms with Gasteiger partial charge in [0, 0.05) is 6.54 Å². The molecule has 0 spiro atoms. The molecule has 1 fully saturated rings. The molecule has 1 heterocycles. The van der Waals surface area contributed by atoms with Crippen molar-refractivity contribution in [2.24, 2.45) is 0 Å². The van der Waals surface area contributed by atoms with E-state index in [4.69, 9.17) is 0 Å². The van der Waals surface area contributed by atoms with E-state index in [1.165, 1.54) is 0 Å². The predicted molar refractivity (Wildman–Crippen MR) is 74.8 cm³/mol. The normalized spacial score (nSPS) is 18.5. The van der Waals surface area contributed by atoms with Crippen molar-refractivity contribution in [3.8, 4) is 0 Å². The summed E-state index contributed by atoms with van der Waals surface area (Å²) >= 11 is 3.46. The third-order valence-electron chi connectivity index (χ3n) is 4.02. The van der Waals surface area contributed by atoms with Crippen LogP contribution in [0.25, 0.3) is 0 Å². The van der Waals surface area contributed by atoms with Gasteiger partial charge in [0.25, 0.3) is 0 Å². The van der Waals surface area contributed by atoms with Gasteiger partial charge in [-0.15, -0.1) is 0 Å². The highest BCUT2D eigenvalue weighted by atomic mass is 79.9. The SMILES string of the molecule is CCn1ncc(Br)c1C(=O)C1(N(C)C)CCCC1. The molecule has 0 N–H and O–H groups in total. The van der Waals surface area contributed by atoms with Crippen molar-refractivity contribution >= 4 is 21.7 Å². The van der Waals surface area contributed by atoms with Crippen LogP contribution in [0.5, 0.6) is 0 Å². The zero-order valence-corrected chi connectivity index (χ0v) is 12.8. The summed E-state index contributed by atoms with van der Waals surface area (Å²) in [5, 5.41) is 4.25. The first-order valence-corrected chi connectivity index (χ1v) is 7.26. The highest BCUT2D eigenvalue weighted by molar-refractivity contribution is 9.10. The Hall–Kier alpha value is -0.680. The molecule has 5 heteroatoms. The number of carbonyl (C=O) groups excluding carboxylic acids is 1. The Morgan fingerprint density at radius 2 is 2.11 bits per heavy atom. The summed E-state index contributed by atoms with van der Waals surface area (Å²) in [7, 11) is 4.01. The van der Waals surface area contributed by atoms with Crippen LogP contribution >= 0.6 is 15.9 Å². The lowest BCUT2D eigenvalue weighted by atomic mass is 9.88. The Morgan fingerprint density at radius 3 is 2.61 bits per heavy atom. The summed E-state index contributed by atoms with van der Waals surface area (Å²) in [6, 6.07) is 0. The van der Waals surface area contributed by atoms with Crippen LogP contribution in [-0.2, 0) is 6.54 Å². The summed E-state index contributed by atoms with van der Waals surface area (Å²) in [5.41, 5.74) is 0.378. The number of hydrogen-bond acceptors (Lipinski definition) is 3. The third kappa shape index (κ3) is 2.03. The average Bonchev–Trinajstić information content (AvgIpc) is 2.95. The van der Waals surface area contributed by atoms with Crippen molar-refractivity contribution in [3.63, 3.8) is 0 Å². The first kappa shape index (κ1) is 13.7. The van der Waals surface area contributed by atoms with E-state index in [2.05, 4.69) is 25.9 Å². The van der Waals surface area contributed by atoms with Crippen LogP contribution in [-0.4, -0.2) is 40.1 Å². The predicted octanol–water partition coefficient (Wildman–Crippen LogP) is 2.72. The highest BCUT2D eigenvalue weighted by Gasteiger charge is 2.45. The van der Waals surface area contributed by atoms with Crippen molar-refractivity contribution in [2.75, 3.05) is 14.1 Å². The quantitative estimate of drug-likeness (QED) is 0.802. The van der Waals surface area contributed by atoms with E-state index in [9.17, 15) is 4.79 Å². The third-order valence-corrected chi connectivity index (χ3v) is 4.60. The van der Waals surface area contributed by atoms with Crippen LogP contribution in [0, 0.1) is 0 Å². The maximum atomic E-state index is 12.9. The summed E-state index contributed by atoms with van der Waals surface area (Å²) in [4.78, 5) is 15.0. The van der Waals surface area contributed by atoms with Gasteiger partial charge < -0.3 is 0 Å². The molecule has 0 radical (unpaired) electrons. The summed E-state index contributed by atoms with van der Waals surface area (Å²) in [6.45, 7) is 2.73. The molecule has 0 aliphatic heterocycles. The van der Waals surface area contributed by atoms with Crippen LogP contribution in [0.2, 0.25) is 0 Å². The zero-order valence-electron chi connectivity index (χ0n) is 11.2. The van der Waals surface area contributed by atoms with E-state index in [1.807, 2.05) is 21.0 Å². The minimum atomic E-state index is -0.338. The van der Waals surface area contributed by atoms with Gasteiger partial charge in [-0.1, -0.05) is 12.8 Å². The van der Waals surface area contributed by atoms with Crippen molar-refractivity contribution < 1.29 is 4.79 Å². The van der Waals surface area contributed by atoms with E-state index >= 15 is 0 Å². The number of likely N-dealkylation sites (N-methyl/N-ethyl adjacent to an activating group) is 1. The molecule has 1 aromatic rings. The fraction of sp³-hybridized carbons (Fsp3) is 0.692. The molecular formula is C13H20BrN3O. The molecule has 0 atom stereocenters. The molecule has 1 aromatic heterocycles. The number of halogens is 1. The number of hydrogen-bond donors (Lipinski definition) is 0. The maximum absolute atomic E-state index is 12.9. The van der Waals surface area contributed by atoms with E-state index < -0.39 is 0 Å². The molecule has 1 aliphatic carbocycles. The molecule has 2 rings (SSSR count). The lowest BCUT2D eigenvalue weighted by Crippen LogP contribution is -2.49. The molecule has 0 aromatic carbocycles. The summed E-state index contributed by atoms with van der Waals surface area (Å²) in [5.74, 6) is 0.205. The molecule has 1 aliphatic rings. The number of Topliss-reactive ketones (excluding diaryl/α,β-unsaturated/α-hetero) is 1. The van der Waals surface area contributed by atoms with Gasteiger partial charge >= 0.3 is 0 Å². The van der Waals surface area contributed by atoms with Gasteiger partial charge in [0.15, 0.2) is 0 Å². The minimum absolute atomic E-state index is 0.205. The molecule has 0 unspecified atom stereocenters. The second kappa shape index (κ2) is 5.13. The van der Waals surface area contributed by atoms with Gasteiger partial charge in [0.2, 0.25) is 5.78 Å². The molecule has 4 nitrogen and oxygen atoms in total. The van der Waals surface area contributed by atoms with Gasteiger partial charge in [-0.25, -0.2) is 0 Å². The van der Waals surface area contributed by atoms with E-state index in [0.717, 1.165) is 36.7 Å². The van der Waals surface area contributed by atoms with Gasteiger partial charge in [-0.3, -0.25) is 14.4 Å². The number of aromatic nitrogens is 2.